The number of aliphatic imine (C=N–C) groups is 1. The Labute approximate surface area is 122 Å². The number of benzene rings is 1. The fraction of sp³-hybridized carbons (Fsp3) is 0.308. The lowest BCUT2D eigenvalue weighted by Crippen LogP contribution is -2.38. The molecular formula is C13H18N4O2S. The maximum atomic E-state index is 11.7. The molecule has 0 aliphatic carbocycles. The summed E-state index contributed by atoms with van der Waals surface area (Å²) in [6.07, 6.45) is 1.74. The van der Waals surface area contributed by atoms with Crippen LogP contribution in [0.5, 0.6) is 0 Å². The van der Waals surface area contributed by atoms with Gasteiger partial charge in [-0.3, -0.25) is 5.32 Å². The molecule has 20 heavy (non-hydrogen) atoms. The summed E-state index contributed by atoms with van der Waals surface area (Å²) in [5.41, 5.74) is 0.995. The number of carbonyl (C=O) groups is 2. The van der Waals surface area contributed by atoms with Crippen LogP contribution in [0, 0.1) is 0 Å². The van der Waals surface area contributed by atoms with Crippen LogP contribution in [0.3, 0.4) is 0 Å². The number of amidine groups is 1. The van der Waals surface area contributed by atoms with E-state index in [9.17, 15) is 9.59 Å². The smallest absolute Gasteiger partial charge is 0.334 e. The highest BCUT2D eigenvalue weighted by Crippen LogP contribution is 1.99. The highest BCUT2D eigenvalue weighted by Gasteiger charge is 2.08. The molecule has 0 aliphatic rings. The van der Waals surface area contributed by atoms with Crippen LogP contribution in [-0.2, 0) is 6.54 Å². The van der Waals surface area contributed by atoms with E-state index in [4.69, 9.17) is 0 Å². The molecule has 0 aromatic heterocycles. The normalized spacial score (nSPS) is 10.8. The van der Waals surface area contributed by atoms with Crippen LogP contribution in [0.4, 0.5) is 9.59 Å². The number of rotatable bonds is 2. The molecule has 0 aliphatic heterocycles. The lowest BCUT2D eigenvalue weighted by Gasteiger charge is -2.10. The molecule has 0 fully saturated rings. The quantitative estimate of drug-likeness (QED) is 0.646. The van der Waals surface area contributed by atoms with Crippen molar-refractivity contribution in [3.63, 3.8) is 0 Å². The van der Waals surface area contributed by atoms with E-state index in [1.165, 1.54) is 16.7 Å². The van der Waals surface area contributed by atoms with Gasteiger partial charge in [-0.15, -0.1) is 0 Å². The third-order valence-electron chi connectivity index (χ3n) is 2.29. The van der Waals surface area contributed by atoms with Crippen molar-refractivity contribution in [3.05, 3.63) is 35.9 Å². The number of urea groups is 2. The van der Waals surface area contributed by atoms with Crippen molar-refractivity contribution in [2.45, 2.75) is 6.54 Å². The molecule has 0 radical (unpaired) electrons. The van der Waals surface area contributed by atoms with Crippen LogP contribution < -0.4 is 10.6 Å². The Hall–Kier alpha value is -2.02. The molecule has 108 valence electrons. The predicted molar refractivity (Wildman–Crippen MR) is 81.8 cm³/mol. The predicted octanol–water partition coefficient (Wildman–Crippen LogP) is 1.89. The van der Waals surface area contributed by atoms with Gasteiger partial charge in [0.25, 0.3) is 0 Å². The molecule has 0 spiro atoms. The Morgan fingerprint density at radius 2 is 1.90 bits per heavy atom. The summed E-state index contributed by atoms with van der Waals surface area (Å²) in [4.78, 5) is 28.2. The van der Waals surface area contributed by atoms with E-state index in [0.29, 0.717) is 6.54 Å². The van der Waals surface area contributed by atoms with Crippen molar-refractivity contribution < 1.29 is 9.59 Å². The lowest BCUT2D eigenvalue weighted by atomic mass is 10.2. The second-order valence-corrected chi connectivity index (χ2v) is 4.89. The molecule has 6 nitrogen and oxygen atoms in total. The SMILES string of the molecule is CSC(=NC(=O)N(C)C)NC(=O)NCc1ccccc1. The van der Waals surface area contributed by atoms with Crippen LogP contribution in [-0.4, -0.2) is 42.5 Å². The summed E-state index contributed by atoms with van der Waals surface area (Å²) in [6.45, 7) is 0.413. The van der Waals surface area contributed by atoms with Crippen molar-refractivity contribution in [3.8, 4) is 0 Å². The zero-order valence-electron chi connectivity index (χ0n) is 11.7. The Morgan fingerprint density at radius 3 is 2.45 bits per heavy atom. The lowest BCUT2D eigenvalue weighted by molar-refractivity contribution is 0.227. The van der Waals surface area contributed by atoms with E-state index in [0.717, 1.165) is 5.56 Å². The molecule has 0 saturated carbocycles. The van der Waals surface area contributed by atoms with E-state index in [1.54, 1.807) is 20.4 Å². The van der Waals surface area contributed by atoms with Gasteiger partial charge in [0.15, 0.2) is 5.17 Å². The first kappa shape index (κ1) is 16.0. The standard InChI is InChI=1S/C13H18N4O2S/c1-17(2)13(19)16-12(20-3)15-11(18)14-9-10-7-5-4-6-8-10/h4-8H,9H2,1-3H3,(H2,14,15,16,18,19). The number of thioether (sulfide) groups is 1. The minimum absolute atomic E-state index is 0.259. The zero-order valence-corrected chi connectivity index (χ0v) is 12.5. The van der Waals surface area contributed by atoms with E-state index in [-0.39, 0.29) is 5.17 Å². The summed E-state index contributed by atoms with van der Waals surface area (Å²) < 4.78 is 0. The van der Waals surface area contributed by atoms with Gasteiger partial charge in [-0.1, -0.05) is 42.1 Å². The van der Waals surface area contributed by atoms with E-state index in [1.807, 2.05) is 30.3 Å². The summed E-state index contributed by atoms with van der Waals surface area (Å²) in [5, 5.41) is 5.49. The molecule has 4 amide bonds. The molecule has 2 N–H and O–H groups in total. The van der Waals surface area contributed by atoms with Crippen LogP contribution in [0.25, 0.3) is 0 Å². The summed E-state index contributed by atoms with van der Waals surface area (Å²) >= 11 is 1.20. The molecule has 7 heteroatoms. The van der Waals surface area contributed by atoms with Gasteiger partial charge in [0.05, 0.1) is 0 Å². The van der Waals surface area contributed by atoms with Crippen molar-refractivity contribution in [1.82, 2.24) is 15.5 Å². The topological polar surface area (TPSA) is 73.8 Å². The first-order chi connectivity index (χ1) is 9.52. The second kappa shape index (κ2) is 8.21. The Kier molecular flexibility index (Phi) is 6.58. The van der Waals surface area contributed by atoms with E-state index < -0.39 is 12.1 Å². The van der Waals surface area contributed by atoms with Crippen LogP contribution in [0.2, 0.25) is 0 Å². The van der Waals surface area contributed by atoms with Crippen molar-refractivity contribution >= 4 is 29.0 Å². The molecule has 1 rings (SSSR count). The van der Waals surface area contributed by atoms with Gasteiger partial charge in [-0.05, 0) is 11.8 Å². The average molecular weight is 294 g/mol. The minimum Gasteiger partial charge on any atom is -0.334 e. The summed E-state index contributed by atoms with van der Waals surface area (Å²) in [5.74, 6) is 0. The van der Waals surface area contributed by atoms with Crippen molar-refractivity contribution in [1.29, 1.82) is 0 Å². The number of nitrogens with one attached hydrogen (secondary N) is 2. The van der Waals surface area contributed by atoms with E-state index in [2.05, 4.69) is 15.6 Å². The number of hydrogen-bond donors (Lipinski definition) is 2. The highest BCUT2D eigenvalue weighted by atomic mass is 32.2. The average Bonchev–Trinajstić information content (AvgIpc) is 2.45. The molecule has 0 unspecified atom stereocenters. The summed E-state index contributed by atoms with van der Waals surface area (Å²) in [7, 11) is 3.19. The number of nitrogens with zero attached hydrogens (tertiary/aromatic N) is 2. The maximum absolute atomic E-state index is 11.7. The molecule has 1 aromatic rings. The van der Waals surface area contributed by atoms with Crippen molar-refractivity contribution in [2.24, 2.45) is 4.99 Å². The Bertz CT molecular complexity index is 488. The third kappa shape index (κ3) is 5.75. The molecule has 0 atom stereocenters. The number of hydrogen-bond acceptors (Lipinski definition) is 3. The fourth-order valence-corrected chi connectivity index (χ4v) is 1.60. The highest BCUT2D eigenvalue weighted by molar-refractivity contribution is 8.13. The van der Waals surface area contributed by atoms with E-state index >= 15 is 0 Å². The monoisotopic (exact) mass is 294 g/mol. The van der Waals surface area contributed by atoms with Gasteiger partial charge >= 0.3 is 12.1 Å². The van der Waals surface area contributed by atoms with Gasteiger partial charge < -0.3 is 10.2 Å². The van der Waals surface area contributed by atoms with Gasteiger partial charge in [-0.2, -0.15) is 4.99 Å². The van der Waals surface area contributed by atoms with Gasteiger partial charge in [0.1, 0.15) is 0 Å². The Morgan fingerprint density at radius 1 is 1.25 bits per heavy atom. The van der Waals surface area contributed by atoms with Gasteiger partial charge in [-0.25, -0.2) is 9.59 Å². The molecule has 1 aromatic carbocycles. The van der Waals surface area contributed by atoms with Gasteiger partial charge in [0, 0.05) is 20.6 Å². The molecule has 0 heterocycles. The molecule has 0 saturated heterocycles. The molecule has 0 bridgehead atoms. The Balaban J connectivity index is 2.49. The van der Waals surface area contributed by atoms with Crippen LogP contribution in [0.15, 0.2) is 35.3 Å². The zero-order chi connectivity index (χ0) is 15.0. The molecular weight excluding hydrogens is 276 g/mol. The van der Waals surface area contributed by atoms with Crippen LogP contribution >= 0.6 is 11.8 Å². The number of amides is 4. The summed E-state index contributed by atoms with van der Waals surface area (Å²) in [6, 6.07) is 8.73. The minimum atomic E-state index is -0.419. The third-order valence-corrected chi connectivity index (χ3v) is 2.87. The fourth-order valence-electron chi connectivity index (χ4n) is 1.23. The number of carbonyl (C=O) groups excluding carboxylic acids is 2. The van der Waals surface area contributed by atoms with Crippen molar-refractivity contribution in [2.75, 3.05) is 20.4 Å². The largest absolute Gasteiger partial charge is 0.345 e. The first-order valence-corrected chi connectivity index (χ1v) is 7.18. The van der Waals surface area contributed by atoms with Crippen LogP contribution in [0.1, 0.15) is 5.56 Å². The first-order valence-electron chi connectivity index (χ1n) is 5.95. The van der Waals surface area contributed by atoms with Gasteiger partial charge in [0.2, 0.25) is 0 Å². The second-order valence-electron chi connectivity index (χ2n) is 4.09. The maximum Gasteiger partial charge on any atom is 0.345 e.